The van der Waals surface area contributed by atoms with Gasteiger partial charge < -0.3 is 10.7 Å². The number of nitrogens with one attached hydrogen (secondary N) is 2. The molecule has 0 amide bonds. The summed E-state index contributed by atoms with van der Waals surface area (Å²) < 4.78 is 2.81. The molecule has 2 heterocycles. The van der Waals surface area contributed by atoms with Crippen LogP contribution in [0, 0.1) is 5.41 Å². The number of aromatic nitrogens is 4. The van der Waals surface area contributed by atoms with E-state index >= 15 is 0 Å². The van der Waals surface area contributed by atoms with E-state index < -0.39 is 0 Å². The van der Waals surface area contributed by atoms with E-state index in [-0.39, 0.29) is 17.1 Å². The van der Waals surface area contributed by atoms with E-state index in [0.29, 0.717) is 42.1 Å². The number of imidazole rings is 1. The van der Waals surface area contributed by atoms with Crippen LogP contribution >= 0.6 is 0 Å². The summed E-state index contributed by atoms with van der Waals surface area (Å²) in [6.07, 6.45) is 1.45. The number of benzene rings is 1. The van der Waals surface area contributed by atoms with E-state index in [1.54, 1.807) is 28.8 Å². The highest BCUT2D eigenvalue weighted by atomic mass is 16.2. The summed E-state index contributed by atoms with van der Waals surface area (Å²) in [6.45, 7) is 4.77. The summed E-state index contributed by atoms with van der Waals surface area (Å²) in [5.74, 6) is 0.492. The molecule has 4 N–H and O–H groups in total. The molecule has 0 radical (unpaired) electrons. The lowest BCUT2D eigenvalue weighted by Gasteiger charge is -2.09. The van der Waals surface area contributed by atoms with Crippen molar-refractivity contribution in [1.29, 1.82) is 5.41 Å². The normalized spacial score (nSPS) is 11.2. The summed E-state index contributed by atoms with van der Waals surface area (Å²) in [6, 6.07) is 7.00. The Kier molecular flexibility index (Phi) is 4.75. The molecule has 0 atom stereocenters. The molecular formula is C18H22N6O2. The predicted octanol–water partition coefficient (Wildman–Crippen LogP) is 1.66. The van der Waals surface area contributed by atoms with Gasteiger partial charge in [-0.3, -0.25) is 19.3 Å². The molecule has 0 spiro atoms. The van der Waals surface area contributed by atoms with Gasteiger partial charge in [0, 0.05) is 24.2 Å². The van der Waals surface area contributed by atoms with E-state index in [0.717, 1.165) is 12.0 Å². The first-order chi connectivity index (χ1) is 12.5. The molecule has 8 nitrogen and oxygen atoms in total. The molecule has 3 rings (SSSR count). The zero-order valence-electron chi connectivity index (χ0n) is 14.9. The van der Waals surface area contributed by atoms with Gasteiger partial charge in [-0.2, -0.15) is 0 Å². The van der Waals surface area contributed by atoms with E-state index in [9.17, 15) is 9.59 Å². The Labute approximate surface area is 149 Å². The van der Waals surface area contributed by atoms with Crippen LogP contribution in [0.15, 0.2) is 33.9 Å². The fourth-order valence-electron chi connectivity index (χ4n) is 2.96. The molecular weight excluding hydrogens is 332 g/mol. The van der Waals surface area contributed by atoms with Crippen molar-refractivity contribution in [3.05, 3.63) is 50.7 Å². The van der Waals surface area contributed by atoms with Gasteiger partial charge >= 0.3 is 5.69 Å². The van der Waals surface area contributed by atoms with Gasteiger partial charge in [0.05, 0.1) is 0 Å². The van der Waals surface area contributed by atoms with Crippen LogP contribution in [0.1, 0.15) is 32.3 Å². The molecule has 136 valence electrons. The molecule has 26 heavy (non-hydrogen) atoms. The number of amidine groups is 1. The molecule has 0 aliphatic heterocycles. The molecule has 0 unspecified atom stereocenters. The minimum Gasteiger partial charge on any atom is -0.384 e. The lowest BCUT2D eigenvalue weighted by molar-refractivity contribution is 0.555. The fourth-order valence-corrected chi connectivity index (χ4v) is 2.96. The van der Waals surface area contributed by atoms with Crippen molar-refractivity contribution >= 4 is 17.0 Å². The van der Waals surface area contributed by atoms with Crippen molar-refractivity contribution in [2.45, 2.75) is 39.8 Å². The van der Waals surface area contributed by atoms with Gasteiger partial charge in [0.1, 0.15) is 17.2 Å². The van der Waals surface area contributed by atoms with Crippen LogP contribution < -0.4 is 17.0 Å². The first-order valence-electron chi connectivity index (χ1n) is 8.66. The van der Waals surface area contributed by atoms with E-state index in [2.05, 4.69) is 9.97 Å². The highest BCUT2D eigenvalue weighted by Crippen LogP contribution is 2.19. The maximum Gasteiger partial charge on any atom is 0.332 e. The molecule has 0 aliphatic carbocycles. The average Bonchev–Trinajstić information content (AvgIpc) is 3.08. The van der Waals surface area contributed by atoms with Crippen LogP contribution in [0.2, 0.25) is 0 Å². The number of nitrogen functional groups attached to an aromatic ring is 1. The second-order valence-electron chi connectivity index (χ2n) is 6.17. The Bertz CT molecular complexity index is 1070. The van der Waals surface area contributed by atoms with Crippen LogP contribution in [0.3, 0.4) is 0 Å². The minimum atomic E-state index is -0.349. The Morgan fingerprint density at radius 3 is 2.31 bits per heavy atom. The van der Waals surface area contributed by atoms with Gasteiger partial charge in [-0.1, -0.05) is 38.1 Å². The average molecular weight is 354 g/mol. The third-order valence-corrected chi connectivity index (χ3v) is 4.22. The predicted molar refractivity (Wildman–Crippen MR) is 102 cm³/mol. The number of fused-ring (bicyclic) bond motifs is 1. The van der Waals surface area contributed by atoms with Crippen molar-refractivity contribution in [3.8, 4) is 11.4 Å². The van der Waals surface area contributed by atoms with Crippen molar-refractivity contribution in [1.82, 2.24) is 19.1 Å². The summed E-state index contributed by atoms with van der Waals surface area (Å²) in [4.78, 5) is 33.0. The Morgan fingerprint density at radius 1 is 1.12 bits per heavy atom. The largest absolute Gasteiger partial charge is 0.384 e. The number of aryl methyl sites for hydroxylation is 1. The second-order valence-corrected chi connectivity index (χ2v) is 6.17. The maximum atomic E-state index is 12.7. The first-order valence-corrected chi connectivity index (χ1v) is 8.66. The topological polar surface area (TPSA) is 123 Å². The monoisotopic (exact) mass is 354 g/mol. The van der Waals surface area contributed by atoms with Crippen LogP contribution in [0.25, 0.3) is 22.6 Å². The lowest BCUT2D eigenvalue weighted by atomic mass is 10.1. The SMILES string of the molecule is CCCn1c(=O)c2[nH]c(-c3ccc(C(=N)N)cc3)nc2n(CCC)c1=O. The van der Waals surface area contributed by atoms with Gasteiger partial charge in [0.2, 0.25) is 0 Å². The number of nitrogens with zero attached hydrogens (tertiary/aromatic N) is 3. The van der Waals surface area contributed by atoms with E-state index in [1.165, 1.54) is 4.57 Å². The number of rotatable bonds is 6. The molecule has 3 aromatic rings. The molecule has 0 aliphatic rings. The summed E-state index contributed by atoms with van der Waals surface area (Å²) in [5, 5.41) is 7.46. The molecule has 0 bridgehead atoms. The van der Waals surface area contributed by atoms with Crippen LogP contribution in [0.5, 0.6) is 0 Å². The van der Waals surface area contributed by atoms with Crippen LogP contribution in [0.4, 0.5) is 0 Å². The van der Waals surface area contributed by atoms with Gasteiger partial charge in [0.25, 0.3) is 5.56 Å². The first kappa shape index (κ1) is 17.7. The van der Waals surface area contributed by atoms with Crippen LogP contribution in [-0.2, 0) is 13.1 Å². The van der Waals surface area contributed by atoms with Crippen LogP contribution in [-0.4, -0.2) is 24.9 Å². The quantitative estimate of drug-likeness (QED) is 0.460. The molecule has 8 heteroatoms. The Morgan fingerprint density at radius 2 is 1.73 bits per heavy atom. The Balaban J connectivity index is 2.22. The van der Waals surface area contributed by atoms with Gasteiger partial charge in [-0.25, -0.2) is 9.78 Å². The molecule has 0 fully saturated rings. The van der Waals surface area contributed by atoms with Crippen molar-refractivity contribution in [2.75, 3.05) is 0 Å². The standard InChI is InChI=1S/C18H22N6O2/c1-3-9-23-16-13(17(25)24(10-4-2)18(23)26)21-15(22-16)12-7-5-11(6-8-12)14(19)20/h5-8H,3-4,9-10H2,1-2H3,(H3,19,20)(H,21,22). The lowest BCUT2D eigenvalue weighted by Crippen LogP contribution is -2.40. The number of aromatic amines is 1. The summed E-state index contributed by atoms with van der Waals surface area (Å²) in [7, 11) is 0. The molecule has 1 aromatic carbocycles. The van der Waals surface area contributed by atoms with Crippen molar-refractivity contribution in [3.63, 3.8) is 0 Å². The van der Waals surface area contributed by atoms with E-state index in [4.69, 9.17) is 11.1 Å². The third-order valence-electron chi connectivity index (χ3n) is 4.22. The van der Waals surface area contributed by atoms with E-state index in [1.807, 2.05) is 13.8 Å². The summed E-state index contributed by atoms with van der Waals surface area (Å²) in [5.41, 5.74) is 6.87. The van der Waals surface area contributed by atoms with Crippen molar-refractivity contribution < 1.29 is 0 Å². The molecule has 0 saturated carbocycles. The number of H-pyrrole nitrogens is 1. The van der Waals surface area contributed by atoms with Crippen molar-refractivity contribution in [2.24, 2.45) is 5.73 Å². The zero-order valence-corrected chi connectivity index (χ0v) is 14.9. The van der Waals surface area contributed by atoms with Gasteiger partial charge in [-0.15, -0.1) is 0 Å². The fraction of sp³-hybridized carbons (Fsp3) is 0.333. The van der Waals surface area contributed by atoms with Gasteiger partial charge in [-0.05, 0) is 12.8 Å². The Hall–Kier alpha value is -3.16. The zero-order chi connectivity index (χ0) is 18.8. The number of hydrogen-bond donors (Lipinski definition) is 3. The minimum absolute atomic E-state index is 0.0135. The molecule has 0 saturated heterocycles. The number of hydrogen-bond acceptors (Lipinski definition) is 4. The maximum absolute atomic E-state index is 12.7. The second kappa shape index (κ2) is 6.99. The molecule has 2 aromatic heterocycles. The highest BCUT2D eigenvalue weighted by molar-refractivity contribution is 5.95. The highest BCUT2D eigenvalue weighted by Gasteiger charge is 2.17. The van der Waals surface area contributed by atoms with Gasteiger partial charge in [0.15, 0.2) is 5.65 Å². The number of nitrogens with two attached hydrogens (primary N) is 1. The third kappa shape index (κ3) is 2.94. The summed E-state index contributed by atoms with van der Waals surface area (Å²) >= 11 is 0. The smallest absolute Gasteiger partial charge is 0.332 e.